The van der Waals surface area contributed by atoms with Gasteiger partial charge in [0.25, 0.3) is 0 Å². The summed E-state index contributed by atoms with van der Waals surface area (Å²) in [6.07, 6.45) is -7.14. The van der Waals surface area contributed by atoms with Crippen molar-refractivity contribution in [3.05, 3.63) is 0 Å². The first-order valence-corrected chi connectivity index (χ1v) is 10.1. The summed E-state index contributed by atoms with van der Waals surface area (Å²) in [5.74, 6) is -3.30. The minimum atomic E-state index is -1.33. The Morgan fingerprint density at radius 2 is 1.44 bits per heavy atom. The lowest BCUT2D eigenvalue weighted by molar-refractivity contribution is -0.319. The molecule has 0 aromatic heterocycles. The predicted molar refractivity (Wildman–Crippen MR) is 102 cm³/mol. The van der Waals surface area contributed by atoms with Crippen molar-refractivity contribution in [2.24, 2.45) is 0 Å². The molecule has 2 saturated heterocycles. The van der Waals surface area contributed by atoms with Gasteiger partial charge < -0.3 is 33.2 Å². The van der Waals surface area contributed by atoms with Crippen molar-refractivity contribution in [2.45, 2.75) is 90.4 Å². The van der Waals surface area contributed by atoms with E-state index in [9.17, 15) is 24.0 Å². The van der Waals surface area contributed by atoms with Crippen molar-refractivity contribution in [3.8, 4) is 0 Å². The molecule has 7 atom stereocenters. The molecule has 2 rings (SSSR count). The zero-order valence-electron chi connectivity index (χ0n) is 18.6. The summed E-state index contributed by atoms with van der Waals surface area (Å²) in [6.45, 7) is 5.90. The summed E-state index contributed by atoms with van der Waals surface area (Å²) < 4.78 is 37.8. The van der Waals surface area contributed by atoms with Crippen LogP contribution < -0.4 is 0 Å². The van der Waals surface area contributed by atoms with Crippen LogP contribution >= 0.6 is 0 Å². The first-order valence-electron chi connectivity index (χ1n) is 10.1. The number of cyclic esters (lactones) is 1. The molecule has 12 heteroatoms. The lowest BCUT2D eigenvalue weighted by atomic mass is 9.97. The Morgan fingerprint density at radius 3 is 1.97 bits per heavy atom. The fourth-order valence-electron chi connectivity index (χ4n) is 3.55. The molecule has 180 valence electrons. The SMILES string of the molecule is CC(=O)OC[C@H]1O[C@@H](O[C@H]2CC(=O)O[C@@H](C)C2)[C@H](OC(C)=O)[C@@H](OC(C)=O)[C@@H]1OC(C)=O. The molecule has 0 bridgehead atoms. The molecule has 2 heterocycles. The Kier molecular flexibility index (Phi) is 8.96. The van der Waals surface area contributed by atoms with Crippen LogP contribution in [-0.4, -0.2) is 79.4 Å². The summed E-state index contributed by atoms with van der Waals surface area (Å²) >= 11 is 0. The Morgan fingerprint density at radius 1 is 0.875 bits per heavy atom. The molecule has 32 heavy (non-hydrogen) atoms. The van der Waals surface area contributed by atoms with Gasteiger partial charge in [0.2, 0.25) is 0 Å². The average molecular weight is 460 g/mol. The summed E-state index contributed by atoms with van der Waals surface area (Å²) in [5.41, 5.74) is 0. The van der Waals surface area contributed by atoms with Crippen molar-refractivity contribution < 1.29 is 57.1 Å². The molecule has 0 aromatic rings. The Labute approximate surface area is 184 Å². The normalized spacial score (nSPS) is 32.3. The molecule has 0 amide bonds. The molecular weight excluding hydrogens is 432 g/mol. The Bertz CT molecular complexity index is 734. The zero-order chi connectivity index (χ0) is 24.0. The highest BCUT2D eigenvalue weighted by Gasteiger charge is 2.53. The van der Waals surface area contributed by atoms with E-state index in [0.717, 1.165) is 20.8 Å². The fraction of sp³-hybridized carbons (Fsp3) is 0.750. The van der Waals surface area contributed by atoms with Crippen molar-refractivity contribution in [1.82, 2.24) is 0 Å². The lowest BCUT2D eigenvalue weighted by Gasteiger charge is -2.45. The second kappa shape index (κ2) is 11.2. The highest BCUT2D eigenvalue weighted by Crippen LogP contribution is 2.32. The van der Waals surface area contributed by atoms with Crippen LogP contribution in [0.5, 0.6) is 0 Å². The monoisotopic (exact) mass is 460 g/mol. The van der Waals surface area contributed by atoms with Crippen LogP contribution in [0.3, 0.4) is 0 Å². The number of esters is 5. The molecule has 0 radical (unpaired) electrons. The highest BCUT2D eigenvalue weighted by molar-refractivity contribution is 5.71. The molecule has 0 unspecified atom stereocenters. The smallest absolute Gasteiger partial charge is 0.308 e. The van der Waals surface area contributed by atoms with Crippen LogP contribution in [0.2, 0.25) is 0 Å². The third-order valence-electron chi connectivity index (χ3n) is 4.60. The lowest BCUT2D eigenvalue weighted by Crippen LogP contribution is -2.63. The van der Waals surface area contributed by atoms with E-state index in [4.69, 9.17) is 33.2 Å². The van der Waals surface area contributed by atoms with E-state index < -0.39 is 72.8 Å². The van der Waals surface area contributed by atoms with Crippen molar-refractivity contribution in [3.63, 3.8) is 0 Å². The van der Waals surface area contributed by atoms with E-state index >= 15 is 0 Å². The first kappa shape index (κ1) is 25.5. The predicted octanol–water partition coefficient (Wildman–Crippen LogP) is 0.180. The van der Waals surface area contributed by atoms with Crippen LogP contribution in [0.1, 0.15) is 47.5 Å². The molecule has 2 fully saturated rings. The summed E-state index contributed by atoms with van der Waals surface area (Å²) in [7, 11) is 0. The van der Waals surface area contributed by atoms with Gasteiger partial charge in [-0.15, -0.1) is 0 Å². The molecule has 0 saturated carbocycles. The van der Waals surface area contributed by atoms with E-state index in [-0.39, 0.29) is 13.0 Å². The van der Waals surface area contributed by atoms with Crippen molar-refractivity contribution in [2.75, 3.05) is 6.61 Å². The quantitative estimate of drug-likeness (QED) is 0.376. The molecule has 0 spiro atoms. The summed E-state index contributed by atoms with van der Waals surface area (Å²) in [4.78, 5) is 58.4. The van der Waals surface area contributed by atoms with Gasteiger partial charge in [0.05, 0.1) is 12.5 Å². The Hall–Kier alpha value is -2.73. The molecule has 0 aliphatic carbocycles. The van der Waals surface area contributed by atoms with Gasteiger partial charge in [-0.05, 0) is 6.92 Å². The highest BCUT2D eigenvalue weighted by atomic mass is 16.7. The number of carbonyl (C=O) groups is 5. The summed E-state index contributed by atoms with van der Waals surface area (Å²) in [6, 6.07) is 0. The topological polar surface area (TPSA) is 150 Å². The van der Waals surface area contributed by atoms with Crippen molar-refractivity contribution >= 4 is 29.8 Å². The van der Waals surface area contributed by atoms with E-state index in [1.54, 1.807) is 6.92 Å². The van der Waals surface area contributed by atoms with Crippen LogP contribution in [-0.2, 0) is 57.1 Å². The maximum Gasteiger partial charge on any atom is 0.308 e. The maximum absolute atomic E-state index is 11.8. The number of hydrogen-bond donors (Lipinski definition) is 0. The number of carbonyl (C=O) groups excluding carboxylic acids is 5. The van der Waals surface area contributed by atoms with Crippen LogP contribution in [0.4, 0.5) is 0 Å². The van der Waals surface area contributed by atoms with Gasteiger partial charge in [-0.3, -0.25) is 24.0 Å². The van der Waals surface area contributed by atoms with Crippen LogP contribution in [0, 0.1) is 0 Å². The minimum absolute atomic E-state index is 0.0722. The zero-order valence-corrected chi connectivity index (χ0v) is 18.6. The van der Waals surface area contributed by atoms with E-state index in [0.29, 0.717) is 6.42 Å². The van der Waals surface area contributed by atoms with Gasteiger partial charge in [0.1, 0.15) is 18.8 Å². The molecule has 2 aliphatic heterocycles. The van der Waals surface area contributed by atoms with E-state index in [2.05, 4.69) is 0 Å². The minimum Gasteiger partial charge on any atom is -0.463 e. The van der Waals surface area contributed by atoms with Gasteiger partial charge in [0.15, 0.2) is 24.6 Å². The molecule has 0 aromatic carbocycles. The second-order valence-electron chi connectivity index (χ2n) is 7.57. The van der Waals surface area contributed by atoms with Crippen molar-refractivity contribution in [1.29, 1.82) is 0 Å². The largest absolute Gasteiger partial charge is 0.463 e. The maximum atomic E-state index is 11.8. The summed E-state index contributed by atoms with van der Waals surface area (Å²) in [5, 5.41) is 0. The fourth-order valence-corrected chi connectivity index (χ4v) is 3.55. The van der Waals surface area contributed by atoms with Crippen LogP contribution in [0.15, 0.2) is 0 Å². The second-order valence-corrected chi connectivity index (χ2v) is 7.57. The van der Waals surface area contributed by atoms with Gasteiger partial charge in [-0.25, -0.2) is 0 Å². The standard InChI is InChI=1S/C20H28O12/c1-9-6-14(7-16(25)27-9)31-20-19(30-13(5)24)18(29-12(4)23)17(28-11(3)22)15(32-20)8-26-10(2)21/h9,14-15,17-20H,6-8H2,1-5H3/t9-,14+,15+,17+,18-,19+,20+/m0/s1. The van der Waals surface area contributed by atoms with Gasteiger partial charge in [0, 0.05) is 34.1 Å². The van der Waals surface area contributed by atoms with E-state index in [1.165, 1.54) is 6.92 Å². The first-order chi connectivity index (χ1) is 15.0. The molecule has 0 N–H and O–H groups in total. The molecule has 12 nitrogen and oxygen atoms in total. The molecule has 2 aliphatic rings. The average Bonchev–Trinajstić information content (AvgIpc) is 2.63. The number of hydrogen-bond acceptors (Lipinski definition) is 12. The third-order valence-corrected chi connectivity index (χ3v) is 4.60. The molecular formula is C20H28O12. The van der Waals surface area contributed by atoms with Gasteiger partial charge in [-0.2, -0.15) is 0 Å². The van der Waals surface area contributed by atoms with Gasteiger partial charge in [-0.1, -0.05) is 0 Å². The van der Waals surface area contributed by atoms with Crippen LogP contribution in [0.25, 0.3) is 0 Å². The van der Waals surface area contributed by atoms with E-state index in [1.807, 2.05) is 0 Å². The number of ether oxygens (including phenoxy) is 7. The Balaban J connectivity index is 2.38. The number of rotatable bonds is 7. The third kappa shape index (κ3) is 7.45. The van der Waals surface area contributed by atoms with Gasteiger partial charge >= 0.3 is 29.8 Å².